The fourth-order valence-corrected chi connectivity index (χ4v) is 4.67. The number of aryl methyl sites for hydroxylation is 1. The van der Waals surface area contributed by atoms with Crippen molar-refractivity contribution in [2.45, 2.75) is 31.4 Å². The lowest BCUT2D eigenvalue weighted by atomic mass is 10.2. The Labute approximate surface area is 191 Å². The number of ether oxygens (including phenoxy) is 1. The van der Waals surface area contributed by atoms with Crippen molar-refractivity contribution in [1.29, 1.82) is 0 Å². The molecule has 0 spiro atoms. The summed E-state index contributed by atoms with van der Waals surface area (Å²) in [5.74, 6) is 0.0520. The second kappa shape index (κ2) is 9.08. The van der Waals surface area contributed by atoms with Gasteiger partial charge in [-0.2, -0.15) is 4.31 Å². The van der Waals surface area contributed by atoms with E-state index in [0.29, 0.717) is 22.9 Å². The molecule has 1 aliphatic rings. The highest BCUT2D eigenvalue weighted by atomic mass is 32.2. The first-order chi connectivity index (χ1) is 15.7. The van der Waals surface area contributed by atoms with Crippen molar-refractivity contribution in [1.82, 2.24) is 4.31 Å². The number of hydrogen-bond donors (Lipinski definition) is 2. The molecular weight excluding hydrogens is 446 g/mol. The van der Waals surface area contributed by atoms with Gasteiger partial charge in [-0.05, 0) is 56.3 Å². The smallest absolute Gasteiger partial charge is 0.265 e. The molecule has 1 atom stereocenters. The van der Waals surface area contributed by atoms with Gasteiger partial charge in [0.25, 0.3) is 5.91 Å². The normalized spacial score (nSPS) is 15.5. The quantitative estimate of drug-likeness (QED) is 0.549. The Kier molecular flexibility index (Phi) is 6.21. The van der Waals surface area contributed by atoms with Gasteiger partial charge in [0.1, 0.15) is 11.5 Å². The van der Waals surface area contributed by atoms with E-state index in [9.17, 15) is 18.0 Å². The second-order valence-electron chi connectivity index (χ2n) is 7.67. The van der Waals surface area contributed by atoms with E-state index in [0.717, 1.165) is 9.87 Å². The Morgan fingerprint density at radius 1 is 1.15 bits per heavy atom. The molecule has 1 aliphatic heterocycles. The van der Waals surface area contributed by atoms with Gasteiger partial charge in [0, 0.05) is 5.69 Å². The number of fused-ring (bicyclic) bond motifs is 1. The van der Waals surface area contributed by atoms with Crippen molar-refractivity contribution < 1.29 is 27.2 Å². The Morgan fingerprint density at radius 2 is 1.91 bits per heavy atom. The number of anilines is 2. The van der Waals surface area contributed by atoms with Gasteiger partial charge in [0.15, 0.2) is 6.10 Å². The summed E-state index contributed by atoms with van der Waals surface area (Å²) in [6.07, 6.45) is 0.830. The minimum atomic E-state index is -3.97. The summed E-state index contributed by atoms with van der Waals surface area (Å²) in [5, 5.41) is 5.39. The van der Waals surface area contributed by atoms with Crippen LogP contribution < -0.4 is 15.4 Å². The van der Waals surface area contributed by atoms with Crippen LogP contribution in [0.3, 0.4) is 0 Å². The van der Waals surface area contributed by atoms with Crippen LogP contribution in [0, 0.1) is 6.92 Å². The average molecular weight is 470 g/mol. The largest absolute Gasteiger partial charge is 0.479 e. The topological polar surface area (TPSA) is 118 Å². The number of carbonyl (C=O) groups is 2. The molecule has 1 aromatic heterocycles. The summed E-state index contributed by atoms with van der Waals surface area (Å²) >= 11 is 0. The van der Waals surface area contributed by atoms with Crippen molar-refractivity contribution in [3.05, 3.63) is 72.2 Å². The molecule has 2 amide bonds. The van der Waals surface area contributed by atoms with Gasteiger partial charge in [-0.3, -0.25) is 9.59 Å². The monoisotopic (exact) mass is 469 g/mol. The van der Waals surface area contributed by atoms with Gasteiger partial charge in [0.05, 0.1) is 29.9 Å². The van der Waals surface area contributed by atoms with Crippen molar-refractivity contribution in [3.63, 3.8) is 0 Å². The van der Waals surface area contributed by atoms with Gasteiger partial charge in [-0.15, -0.1) is 0 Å². The average Bonchev–Trinajstić information content (AvgIpc) is 3.28. The highest BCUT2D eigenvalue weighted by molar-refractivity contribution is 7.89. The molecule has 2 aromatic carbocycles. The van der Waals surface area contributed by atoms with Gasteiger partial charge in [-0.25, -0.2) is 8.42 Å². The number of sulfonamides is 1. The van der Waals surface area contributed by atoms with Crippen LogP contribution in [-0.4, -0.2) is 37.2 Å². The fourth-order valence-electron chi connectivity index (χ4n) is 3.31. The fraction of sp³-hybridized carbons (Fsp3) is 0.217. The van der Waals surface area contributed by atoms with Gasteiger partial charge in [-0.1, -0.05) is 17.7 Å². The number of hydrogen-bond acceptors (Lipinski definition) is 6. The molecule has 3 aromatic rings. The number of benzene rings is 2. The molecular formula is C23H23N3O6S. The number of nitrogens with one attached hydrogen (secondary N) is 2. The summed E-state index contributed by atoms with van der Waals surface area (Å²) in [6, 6.07) is 14.5. The molecule has 4 rings (SSSR count). The van der Waals surface area contributed by atoms with Crippen molar-refractivity contribution >= 4 is 33.2 Å². The molecule has 9 nitrogen and oxygen atoms in total. The molecule has 0 unspecified atom stereocenters. The van der Waals surface area contributed by atoms with E-state index in [-0.39, 0.29) is 17.3 Å². The van der Waals surface area contributed by atoms with Gasteiger partial charge < -0.3 is 19.8 Å². The molecule has 0 saturated carbocycles. The molecule has 0 saturated heterocycles. The molecule has 0 fully saturated rings. The van der Waals surface area contributed by atoms with Gasteiger partial charge in [0.2, 0.25) is 15.9 Å². The first-order valence-electron chi connectivity index (χ1n) is 10.2. The Morgan fingerprint density at radius 3 is 2.61 bits per heavy atom. The Balaban J connectivity index is 1.54. The molecule has 2 heterocycles. The van der Waals surface area contributed by atoms with Crippen LogP contribution in [0.25, 0.3) is 0 Å². The molecule has 0 aliphatic carbocycles. The first kappa shape index (κ1) is 22.6. The predicted molar refractivity (Wildman–Crippen MR) is 121 cm³/mol. The number of nitrogens with zero attached hydrogens (tertiary/aromatic N) is 1. The zero-order chi connectivity index (χ0) is 23.6. The molecule has 10 heteroatoms. The van der Waals surface area contributed by atoms with Crippen molar-refractivity contribution in [2.24, 2.45) is 0 Å². The highest BCUT2D eigenvalue weighted by Gasteiger charge is 2.28. The molecule has 172 valence electrons. The standard InChI is InChI=1S/C23H23N3O6S/c1-15-5-8-19(9-6-15)33(29,30)26(13-18-4-3-11-31-18)14-22(27)24-17-7-10-21-20(12-17)25-23(28)16(2)32-21/h3-12,16H,13-14H2,1-2H3,(H,24,27)(H,25,28)/t16-/m0/s1. The Hall–Kier alpha value is -3.63. The van der Waals surface area contributed by atoms with E-state index < -0.39 is 28.6 Å². The number of rotatable bonds is 7. The lowest BCUT2D eigenvalue weighted by molar-refractivity contribution is -0.122. The third-order valence-electron chi connectivity index (χ3n) is 5.09. The maximum absolute atomic E-state index is 13.3. The van der Waals surface area contributed by atoms with E-state index in [4.69, 9.17) is 9.15 Å². The van der Waals surface area contributed by atoms with E-state index in [1.54, 1.807) is 49.4 Å². The summed E-state index contributed by atoms with van der Waals surface area (Å²) < 4.78 is 38.4. The van der Waals surface area contributed by atoms with E-state index in [2.05, 4.69) is 10.6 Å². The molecule has 33 heavy (non-hydrogen) atoms. The lowest BCUT2D eigenvalue weighted by Crippen LogP contribution is -2.37. The van der Waals surface area contributed by atoms with E-state index in [1.165, 1.54) is 18.4 Å². The summed E-state index contributed by atoms with van der Waals surface area (Å²) in [5.41, 5.74) is 1.74. The number of furan rings is 1. The van der Waals surface area contributed by atoms with Crippen LogP contribution in [0.5, 0.6) is 5.75 Å². The third-order valence-corrected chi connectivity index (χ3v) is 6.89. The van der Waals surface area contributed by atoms with Crippen LogP contribution in [0.2, 0.25) is 0 Å². The zero-order valence-electron chi connectivity index (χ0n) is 18.1. The number of amides is 2. The first-order valence-corrected chi connectivity index (χ1v) is 11.7. The van der Waals surface area contributed by atoms with Crippen LogP contribution >= 0.6 is 0 Å². The molecule has 0 radical (unpaired) electrons. The van der Waals surface area contributed by atoms with Crippen LogP contribution in [0.1, 0.15) is 18.2 Å². The van der Waals surface area contributed by atoms with E-state index in [1.807, 2.05) is 6.92 Å². The third kappa shape index (κ3) is 5.07. The molecule has 0 bridgehead atoms. The van der Waals surface area contributed by atoms with Crippen molar-refractivity contribution in [3.8, 4) is 5.75 Å². The van der Waals surface area contributed by atoms with Crippen molar-refractivity contribution in [2.75, 3.05) is 17.2 Å². The maximum atomic E-state index is 13.3. The van der Waals surface area contributed by atoms with Crippen LogP contribution in [0.4, 0.5) is 11.4 Å². The predicted octanol–water partition coefficient (Wildman–Crippen LogP) is 3.14. The molecule has 2 N–H and O–H groups in total. The SMILES string of the molecule is Cc1ccc(S(=O)(=O)N(CC(=O)Nc2ccc3c(c2)NC(=O)[C@H](C)O3)Cc2ccco2)cc1. The lowest BCUT2D eigenvalue weighted by Gasteiger charge is -2.24. The summed E-state index contributed by atoms with van der Waals surface area (Å²) in [4.78, 5) is 24.7. The Bertz CT molecular complexity index is 1270. The minimum Gasteiger partial charge on any atom is -0.479 e. The number of carbonyl (C=O) groups excluding carboxylic acids is 2. The highest BCUT2D eigenvalue weighted by Crippen LogP contribution is 2.32. The van der Waals surface area contributed by atoms with Crippen LogP contribution in [-0.2, 0) is 26.2 Å². The van der Waals surface area contributed by atoms with E-state index >= 15 is 0 Å². The second-order valence-corrected chi connectivity index (χ2v) is 9.61. The summed E-state index contributed by atoms with van der Waals surface area (Å²) in [6.45, 7) is 2.95. The van der Waals surface area contributed by atoms with Gasteiger partial charge >= 0.3 is 0 Å². The van der Waals surface area contributed by atoms with Crippen LogP contribution in [0.15, 0.2) is 70.2 Å². The zero-order valence-corrected chi connectivity index (χ0v) is 18.9. The maximum Gasteiger partial charge on any atom is 0.265 e. The summed E-state index contributed by atoms with van der Waals surface area (Å²) in [7, 11) is -3.97. The minimum absolute atomic E-state index is 0.0789.